The smallest absolute Gasteiger partial charge is 0.0289 e. The average molecular weight is 257 g/mol. The summed E-state index contributed by atoms with van der Waals surface area (Å²) in [5, 5.41) is 3.25. The molecule has 0 saturated heterocycles. The van der Waals surface area contributed by atoms with Gasteiger partial charge < -0.3 is 5.32 Å². The van der Waals surface area contributed by atoms with Crippen LogP contribution in [0.2, 0.25) is 0 Å². The Morgan fingerprint density at radius 2 is 1.39 bits per heavy atom. The van der Waals surface area contributed by atoms with E-state index in [9.17, 15) is 0 Å². The third-order valence-corrected chi connectivity index (χ3v) is 4.09. The molecule has 0 aliphatic heterocycles. The van der Waals surface area contributed by atoms with Crippen LogP contribution in [0, 0.1) is 6.92 Å². The molecule has 0 bridgehead atoms. The summed E-state index contributed by atoms with van der Waals surface area (Å²) in [6, 6.07) is 17.8. The Kier molecular flexibility index (Phi) is 4.45. The van der Waals surface area contributed by atoms with Crippen molar-refractivity contribution in [2.45, 2.75) is 29.7 Å². The van der Waals surface area contributed by atoms with Crippen molar-refractivity contribution < 1.29 is 0 Å². The fourth-order valence-electron chi connectivity index (χ4n) is 1.73. The van der Waals surface area contributed by atoms with Gasteiger partial charge in [-0.15, -0.1) is 0 Å². The van der Waals surface area contributed by atoms with Crippen molar-refractivity contribution in [3.05, 3.63) is 59.7 Å². The van der Waals surface area contributed by atoms with Crippen molar-refractivity contribution in [3.63, 3.8) is 0 Å². The van der Waals surface area contributed by atoms with Crippen LogP contribution >= 0.6 is 11.8 Å². The lowest BCUT2D eigenvalue weighted by Crippen LogP contribution is -2.11. The molecule has 0 radical (unpaired) electrons. The molecule has 2 aromatic rings. The fraction of sp³-hybridized carbons (Fsp3) is 0.250. The third-order valence-electron chi connectivity index (χ3n) is 3.07. The van der Waals surface area contributed by atoms with Crippen LogP contribution in [-0.2, 0) is 0 Å². The highest BCUT2D eigenvalue weighted by atomic mass is 32.2. The molecule has 0 heterocycles. The van der Waals surface area contributed by atoms with Gasteiger partial charge in [0.1, 0.15) is 0 Å². The molecule has 94 valence electrons. The second kappa shape index (κ2) is 6.07. The van der Waals surface area contributed by atoms with Crippen molar-refractivity contribution >= 4 is 11.8 Å². The van der Waals surface area contributed by atoms with E-state index in [0.29, 0.717) is 6.04 Å². The van der Waals surface area contributed by atoms with Crippen LogP contribution in [-0.4, -0.2) is 7.05 Å². The maximum Gasteiger partial charge on any atom is 0.0289 e. The molecule has 1 nitrogen and oxygen atoms in total. The predicted molar refractivity (Wildman–Crippen MR) is 79.2 cm³/mol. The first-order valence-electron chi connectivity index (χ1n) is 6.21. The first-order valence-corrected chi connectivity index (χ1v) is 7.02. The van der Waals surface area contributed by atoms with Crippen LogP contribution in [0.3, 0.4) is 0 Å². The van der Waals surface area contributed by atoms with Gasteiger partial charge in [-0.1, -0.05) is 41.6 Å². The van der Waals surface area contributed by atoms with Crippen LogP contribution in [0.5, 0.6) is 0 Å². The standard InChI is InChI=1S/C16H19NS/c1-12-4-8-15(9-5-12)18-16-10-6-14(7-11-16)13(2)17-3/h4-11,13,17H,1-3H3. The van der Waals surface area contributed by atoms with E-state index in [-0.39, 0.29) is 0 Å². The minimum absolute atomic E-state index is 0.406. The first-order chi connectivity index (χ1) is 8.69. The zero-order valence-corrected chi connectivity index (χ0v) is 11.9. The van der Waals surface area contributed by atoms with Gasteiger partial charge >= 0.3 is 0 Å². The Hall–Kier alpha value is -1.25. The van der Waals surface area contributed by atoms with Crippen molar-refractivity contribution in [2.24, 2.45) is 0 Å². The summed E-state index contributed by atoms with van der Waals surface area (Å²) in [5.74, 6) is 0. The molecule has 0 aliphatic rings. The van der Waals surface area contributed by atoms with Gasteiger partial charge in [-0.05, 0) is 50.7 Å². The highest BCUT2D eigenvalue weighted by Gasteiger charge is 2.02. The Morgan fingerprint density at radius 3 is 1.89 bits per heavy atom. The number of rotatable bonds is 4. The highest BCUT2D eigenvalue weighted by Crippen LogP contribution is 2.28. The largest absolute Gasteiger partial charge is 0.313 e. The summed E-state index contributed by atoms with van der Waals surface area (Å²) in [7, 11) is 1.99. The molecule has 1 atom stereocenters. The van der Waals surface area contributed by atoms with Crippen LogP contribution < -0.4 is 5.32 Å². The van der Waals surface area contributed by atoms with Crippen molar-refractivity contribution in [1.29, 1.82) is 0 Å². The van der Waals surface area contributed by atoms with E-state index in [1.807, 2.05) is 7.05 Å². The summed E-state index contributed by atoms with van der Waals surface area (Å²) in [4.78, 5) is 2.57. The Morgan fingerprint density at radius 1 is 0.889 bits per heavy atom. The molecular weight excluding hydrogens is 238 g/mol. The highest BCUT2D eigenvalue weighted by molar-refractivity contribution is 7.99. The molecule has 1 unspecified atom stereocenters. The number of benzene rings is 2. The fourth-order valence-corrected chi connectivity index (χ4v) is 2.55. The van der Waals surface area contributed by atoms with E-state index in [4.69, 9.17) is 0 Å². The molecular formula is C16H19NS. The second-order valence-electron chi connectivity index (χ2n) is 4.49. The molecule has 0 spiro atoms. The van der Waals surface area contributed by atoms with Gasteiger partial charge in [0.05, 0.1) is 0 Å². The van der Waals surface area contributed by atoms with E-state index in [1.54, 1.807) is 11.8 Å². The lowest BCUT2D eigenvalue weighted by atomic mass is 10.1. The van der Waals surface area contributed by atoms with E-state index >= 15 is 0 Å². The van der Waals surface area contributed by atoms with Gasteiger partial charge in [0.25, 0.3) is 0 Å². The molecule has 1 N–H and O–H groups in total. The van der Waals surface area contributed by atoms with Crippen LogP contribution in [0.25, 0.3) is 0 Å². The van der Waals surface area contributed by atoms with E-state index in [0.717, 1.165) is 0 Å². The average Bonchev–Trinajstić information content (AvgIpc) is 2.41. The molecule has 2 heteroatoms. The quantitative estimate of drug-likeness (QED) is 0.869. The van der Waals surface area contributed by atoms with E-state index in [2.05, 4.69) is 67.7 Å². The zero-order chi connectivity index (χ0) is 13.0. The lowest BCUT2D eigenvalue weighted by Gasteiger charge is -2.11. The van der Waals surface area contributed by atoms with Gasteiger partial charge in [-0.2, -0.15) is 0 Å². The summed E-state index contributed by atoms with van der Waals surface area (Å²) in [5.41, 5.74) is 2.63. The summed E-state index contributed by atoms with van der Waals surface area (Å²) >= 11 is 1.80. The Labute approximate surface area is 114 Å². The second-order valence-corrected chi connectivity index (χ2v) is 5.64. The SMILES string of the molecule is CNC(C)c1ccc(Sc2ccc(C)cc2)cc1. The summed E-state index contributed by atoms with van der Waals surface area (Å²) in [6.07, 6.45) is 0. The molecule has 0 aromatic heterocycles. The Bertz CT molecular complexity index is 488. The summed E-state index contributed by atoms with van der Waals surface area (Å²) < 4.78 is 0. The first kappa shape index (κ1) is 13.2. The molecule has 2 aromatic carbocycles. The molecule has 0 saturated carbocycles. The maximum atomic E-state index is 3.25. The molecule has 0 amide bonds. The predicted octanol–water partition coefficient (Wildman–Crippen LogP) is 4.43. The van der Waals surface area contributed by atoms with Gasteiger partial charge in [0, 0.05) is 15.8 Å². The number of hydrogen-bond acceptors (Lipinski definition) is 2. The van der Waals surface area contributed by atoms with Crippen LogP contribution in [0.4, 0.5) is 0 Å². The Balaban J connectivity index is 2.08. The van der Waals surface area contributed by atoms with Crippen molar-refractivity contribution in [2.75, 3.05) is 7.05 Å². The monoisotopic (exact) mass is 257 g/mol. The molecule has 18 heavy (non-hydrogen) atoms. The van der Waals surface area contributed by atoms with Gasteiger partial charge in [0.2, 0.25) is 0 Å². The number of hydrogen-bond donors (Lipinski definition) is 1. The van der Waals surface area contributed by atoms with Gasteiger partial charge in [0.15, 0.2) is 0 Å². The van der Waals surface area contributed by atoms with Gasteiger partial charge in [-0.3, -0.25) is 0 Å². The molecule has 0 aliphatic carbocycles. The van der Waals surface area contributed by atoms with E-state index < -0.39 is 0 Å². The minimum Gasteiger partial charge on any atom is -0.313 e. The van der Waals surface area contributed by atoms with Crippen molar-refractivity contribution in [3.8, 4) is 0 Å². The minimum atomic E-state index is 0.406. The van der Waals surface area contributed by atoms with Crippen molar-refractivity contribution in [1.82, 2.24) is 5.32 Å². The normalized spacial score (nSPS) is 12.4. The topological polar surface area (TPSA) is 12.0 Å². The lowest BCUT2D eigenvalue weighted by molar-refractivity contribution is 0.652. The van der Waals surface area contributed by atoms with Crippen LogP contribution in [0.1, 0.15) is 24.1 Å². The number of nitrogens with one attached hydrogen (secondary N) is 1. The van der Waals surface area contributed by atoms with E-state index in [1.165, 1.54) is 20.9 Å². The van der Waals surface area contributed by atoms with Gasteiger partial charge in [-0.25, -0.2) is 0 Å². The molecule has 0 fully saturated rings. The zero-order valence-electron chi connectivity index (χ0n) is 11.1. The third kappa shape index (κ3) is 3.37. The maximum absolute atomic E-state index is 3.25. The summed E-state index contributed by atoms with van der Waals surface area (Å²) in [6.45, 7) is 4.28. The molecule has 2 rings (SSSR count). The number of aryl methyl sites for hydroxylation is 1. The van der Waals surface area contributed by atoms with Crippen LogP contribution in [0.15, 0.2) is 58.3 Å².